The normalized spacial score (nSPS) is 14.5. The first-order valence-electron chi connectivity index (χ1n) is 6.76. The molecule has 0 amide bonds. The lowest BCUT2D eigenvalue weighted by Gasteiger charge is -2.25. The molecule has 0 fully saturated rings. The number of benzene rings is 1. The van der Waals surface area contributed by atoms with Crippen LogP contribution in [0.25, 0.3) is 0 Å². The summed E-state index contributed by atoms with van der Waals surface area (Å²) in [5.74, 6) is 0.371. The van der Waals surface area contributed by atoms with E-state index in [1.165, 1.54) is 6.07 Å². The molecule has 1 N–H and O–H groups in total. The van der Waals surface area contributed by atoms with E-state index in [9.17, 15) is 4.39 Å². The summed E-state index contributed by atoms with van der Waals surface area (Å²) in [5, 5.41) is 3.86. The zero-order chi connectivity index (χ0) is 13.5. The Morgan fingerprint density at radius 3 is 2.61 bits per heavy atom. The summed E-state index contributed by atoms with van der Waals surface area (Å²) in [4.78, 5) is 0. The highest BCUT2D eigenvalue weighted by Gasteiger charge is 2.23. The van der Waals surface area contributed by atoms with Gasteiger partial charge in [-0.15, -0.1) is 0 Å². The van der Waals surface area contributed by atoms with Crippen LogP contribution in [-0.2, 0) is 0 Å². The van der Waals surface area contributed by atoms with E-state index in [0.29, 0.717) is 16.5 Å². The first-order chi connectivity index (χ1) is 8.61. The third-order valence-electron chi connectivity index (χ3n) is 3.42. The molecule has 2 atom stereocenters. The van der Waals surface area contributed by atoms with Crippen LogP contribution in [0.5, 0.6) is 0 Å². The summed E-state index contributed by atoms with van der Waals surface area (Å²) < 4.78 is 14.0. The van der Waals surface area contributed by atoms with Gasteiger partial charge < -0.3 is 5.32 Å². The minimum Gasteiger partial charge on any atom is -0.316 e. The highest BCUT2D eigenvalue weighted by atomic mass is 35.5. The molecule has 0 heterocycles. The molecule has 0 aromatic heterocycles. The average molecular weight is 272 g/mol. The van der Waals surface area contributed by atoms with Crippen LogP contribution < -0.4 is 5.32 Å². The second-order valence-corrected chi connectivity index (χ2v) is 5.22. The van der Waals surface area contributed by atoms with Gasteiger partial charge in [-0.05, 0) is 24.6 Å². The van der Waals surface area contributed by atoms with Crippen LogP contribution in [0.2, 0.25) is 5.02 Å². The van der Waals surface area contributed by atoms with Crippen LogP contribution in [-0.4, -0.2) is 13.1 Å². The van der Waals surface area contributed by atoms with Crippen molar-refractivity contribution in [1.82, 2.24) is 5.32 Å². The maximum absolute atomic E-state index is 14.0. The molecule has 0 radical (unpaired) electrons. The standard InChI is InChI=1S/C15H23ClFN/c1-4-7-11(3)12(10-18-5-2)15-13(16)8-6-9-14(15)17/h6,8-9,11-12,18H,4-5,7,10H2,1-3H3. The molecule has 18 heavy (non-hydrogen) atoms. The van der Waals surface area contributed by atoms with Crippen molar-refractivity contribution < 1.29 is 4.39 Å². The van der Waals surface area contributed by atoms with E-state index in [4.69, 9.17) is 11.6 Å². The van der Waals surface area contributed by atoms with Crippen LogP contribution in [0.15, 0.2) is 18.2 Å². The molecule has 0 aliphatic rings. The van der Waals surface area contributed by atoms with E-state index in [1.54, 1.807) is 12.1 Å². The van der Waals surface area contributed by atoms with Crippen molar-refractivity contribution in [3.05, 3.63) is 34.6 Å². The molecule has 0 aliphatic heterocycles. The Bertz CT molecular complexity index is 347. The van der Waals surface area contributed by atoms with Gasteiger partial charge in [0.25, 0.3) is 0 Å². The first-order valence-corrected chi connectivity index (χ1v) is 7.14. The summed E-state index contributed by atoms with van der Waals surface area (Å²) >= 11 is 6.18. The summed E-state index contributed by atoms with van der Waals surface area (Å²) in [6.45, 7) is 8.06. The molecular formula is C15H23ClFN. The molecule has 0 saturated carbocycles. The molecular weight excluding hydrogens is 249 g/mol. The third-order valence-corrected chi connectivity index (χ3v) is 3.75. The summed E-state index contributed by atoms with van der Waals surface area (Å²) in [5.41, 5.74) is 0.668. The van der Waals surface area contributed by atoms with Gasteiger partial charge in [0.05, 0.1) is 0 Å². The largest absolute Gasteiger partial charge is 0.316 e. The van der Waals surface area contributed by atoms with E-state index in [0.717, 1.165) is 25.9 Å². The minimum absolute atomic E-state index is 0.138. The Morgan fingerprint density at radius 2 is 2.06 bits per heavy atom. The molecule has 102 valence electrons. The van der Waals surface area contributed by atoms with Crippen molar-refractivity contribution >= 4 is 11.6 Å². The summed E-state index contributed by atoms with van der Waals surface area (Å²) in [6, 6.07) is 4.94. The smallest absolute Gasteiger partial charge is 0.128 e. The molecule has 1 nitrogen and oxygen atoms in total. The number of hydrogen-bond donors (Lipinski definition) is 1. The Balaban J connectivity index is 3.00. The van der Waals surface area contributed by atoms with E-state index in [2.05, 4.69) is 26.1 Å². The molecule has 1 rings (SSSR count). The number of likely N-dealkylation sites (N-methyl/N-ethyl adjacent to an activating group) is 1. The summed E-state index contributed by atoms with van der Waals surface area (Å²) in [7, 11) is 0. The van der Waals surface area contributed by atoms with Gasteiger partial charge in [0.1, 0.15) is 5.82 Å². The molecule has 0 saturated heterocycles. The lowest BCUT2D eigenvalue weighted by Crippen LogP contribution is -2.26. The van der Waals surface area contributed by atoms with Gasteiger partial charge >= 0.3 is 0 Å². The van der Waals surface area contributed by atoms with Crippen molar-refractivity contribution in [3.8, 4) is 0 Å². The van der Waals surface area contributed by atoms with E-state index < -0.39 is 0 Å². The van der Waals surface area contributed by atoms with E-state index >= 15 is 0 Å². The lowest BCUT2D eigenvalue weighted by atomic mass is 9.84. The van der Waals surface area contributed by atoms with Gasteiger partial charge in [-0.3, -0.25) is 0 Å². The van der Waals surface area contributed by atoms with Gasteiger partial charge in [0.2, 0.25) is 0 Å². The number of hydrogen-bond acceptors (Lipinski definition) is 1. The molecule has 0 bridgehead atoms. The Labute approximate surface area is 115 Å². The molecule has 3 heteroatoms. The van der Waals surface area contributed by atoms with Crippen LogP contribution >= 0.6 is 11.6 Å². The van der Waals surface area contributed by atoms with Crippen LogP contribution in [0.3, 0.4) is 0 Å². The second kappa shape index (κ2) is 7.75. The van der Waals surface area contributed by atoms with Crippen molar-refractivity contribution in [2.24, 2.45) is 5.92 Å². The number of halogens is 2. The zero-order valence-corrected chi connectivity index (χ0v) is 12.2. The maximum atomic E-state index is 14.0. The van der Waals surface area contributed by atoms with Crippen LogP contribution in [0.1, 0.15) is 45.1 Å². The third kappa shape index (κ3) is 3.96. The van der Waals surface area contributed by atoms with Gasteiger partial charge in [-0.25, -0.2) is 4.39 Å². The fourth-order valence-electron chi connectivity index (χ4n) is 2.41. The quantitative estimate of drug-likeness (QED) is 0.764. The fraction of sp³-hybridized carbons (Fsp3) is 0.600. The van der Waals surface area contributed by atoms with Crippen molar-refractivity contribution in [2.75, 3.05) is 13.1 Å². The molecule has 1 aromatic rings. The first kappa shape index (κ1) is 15.5. The fourth-order valence-corrected chi connectivity index (χ4v) is 2.71. The van der Waals surface area contributed by atoms with E-state index in [1.807, 2.05) is 0 Å². The summed E-state index contributed by atoms with van der Waals surface area (Å²) in [6.07, 6.45) is 2.19. The zero-order valence-electron chi connectivity index (χ0n) is 11.5. The monoisotopic (exact) mass is 271 g/mol. The highest BCUT2D eigenvalue weighted by molar-refractivity contribution is 6.31. The number of rotatable bonds is 7. The molecule has 1 aromatic carbocycles. The minimum atomic E-state index is -0.187. The Kier molecular flexibility index (Phi) is 6.66. The molecule has 0 aliphatic carbocycles. The highest BCUT2D eigenvalue weighted by Crippen LogP contribution is 2.34. The van der Waals surface area contributed by atoms with Crippen molar-refractivity contribution in [3.63, 3.8) is 0 Å². The Morgan fingerprint density at radius 1 is 1.33 bits per heavy atom. The number of nitrogens with one attached hydrogen (secondary N) is 1. The van der Waals surface area contributed by atoms with E-state index in [-0.39, 0.29) is 11.7 Å². The van der Waals surface area contributed by atoms with Gasteiger partial charge in [0, 0.05) is 23.0 Å². The molecule has 2 unspecified atom stereocenters. The van der Waals surface area contributed by atoms with Crippen LogP contribution in [0, 0.1) is 11.7 Å². The van der Waals surface area contributed by atoms with Gasteiger partial charge in [0.15, 0.2) is 0 Å². The molecule has 0 spiro atoms. The van der Waals surface area contributed by atoms with Gasteiger partial charge in [-0.2, -0.15) is 0 Å². The van der Waals surface area contributed by atoms with Gasteiger partial charge in [-0.1, -0.05) is 51.3 Å². The topological polar surface area (TPSA) is 12.0 Å². The van der Waals surface area contributed by atoms with Crippen LogP contribution in [0.4, 0.5) is 4.39 Å². The van der Waals surface area contributed by atoms with Crippen molar-refractivity contribution in [2.45, 2.75) is 39.5 Å². The predicted octanol–water partition coefficient (Wildman–Crippen LogP) is 4.61. The second-order valence-electron chi connectivity index (χ2n) is 4.82. The SMILES string of the molecule is CCCC(C)C(CNCC)c1c(F)cccc1Cl. The maximum Gasteiger partial charge on any atom is 0.128 e. The predicted molar refractivity (Wildman–Crippen MR) is 76.8 cm³/mol. The Hall–Kier alpha value is -0.600. The van der Waals surface area contributed by atoms with Crippen molar-refractivity contribution in [1.29, 1.82) is 0 Å². The average Bonchev–Trinajstić information content (AvgIpc) is 2.33. The lowest BCUT2D eigenvalue weighted by molar-refractivity contribution is 0.395.